The largest absolute Gasteiger partial charge is 0.472 e. The first kappa shape index (κ1) is 15.4. The van der Waals surface area contributed by atoms with Crippen molar-refractivity contribution in [1.82, 2.24) is 14.5 Å². The van der Waals surface area contributed by atoms with Crippen LogP contribution in [0.4, 0.5) is 0 Å². The van der Waals surface area contributed by atoms with Gasteiger partial charge in [-0.3, -0.25) is 0 Å². The molecule has 3 heterocycles. The topological polar surface area (TPSA) is 72.4 Å². The molecule has 1 atom stereocenters. The molecule has 0 aromatic carbocycles. The number of aromatic nitrogens is 2. The summed E-state index contributed by atoms with van der Waals surface area (Å²) in [5.41, 5.74) is 0.816. The molecule has 0 radical (unpaired) electrons. The van der Waals surface area contributed by atoms with Crippen molar-refractivity contribution in [2.24, 2.45) is 0 Å². The fourth-order valence-electron chi connectivity index (χ4n) is 2.31. The van der Waals surface area contributed by atoms with Crippen LogP contribution in [0.2, 0.25) is 0 Å². The molecular weight excluding hydrogens is 322 g/mol. The normalized spacial score (nSPS) is 19.5. The number of thiophene rings is 1. The van der Waals surface area contributed by atoms with Crippen molar-refractivity contribution >= 4 is 21.4 Å². The van der Waals surface area contributed by atoms with E-state index in [1.54, 1.807) is 12.1 Å². The van der Waals surface area contributed by atoms with Gasteiger partial charge in [-0.1, -0.05) is 0 Å². The molecule has 1 aliphatic heterocycles. The van der Waals surface area contributed by atoms with Gasteiger partial charge in [0.1, 0.15) is 10.3 Å². The van der Waals surface area contributed by atoms with Gasteiger partial charge in [-0.15, -0.1) is 16.4 Å². The van der Waals surface area contributed by atoms with Gasteiger partial charge in [0.05, 0.1) is 12.2 Å². The first-order chi connectivity index (χ1) is 10.4. The van der Waals surface area contributed by atoms with Gasteiger partial charge < -0.3 is 4.74 Å². The lowest BCUT2D eigenvalue weighted by Crippen LogP contribution is -2.30. The molecular formula is C14H17N3O3S2. The van der Waals surface area contributed by atoms with Crippen LogP contribution in [0, 0.1) is 13.8 Å². The van der Waals surface area contributed by atoms with E-state index >= 15 is 0 Å². The number of rotatable bonds is 4. The van der Waals surface area contributed by atoms with Gasteiger partial charge >= 0.3 is 0 Å². The standard InChI is InChI=1S/C14H17N3O3S2/c1-10-3-5-13(16-15-10)20-12-7-8-17(9-12)22(18,19)14-6-4-11(2)21-14/h3-6,12H,7-9H2,1-2H3/t12-/m0/s1. The Hall–Kier alpha value is -1.51. The molecule has 2 aromatic rings. The zero-order valence-corrected chi connectivity index (χ0v) is 14.0. The molecule has 1 aliphatic rings. The molecule has 0 N–H and O–H groups in total. The lowest BCUT2D eigenvalue weighted by molar-refractivity contribution is 0.204. The second kappa shape index (κ2) is 5.94. The Morgan fingerprint density at radius 3 is 2.68 bits per heavy atom. The van der Waals surface area contributed by atoms with E-state index in [0.29, 0.717) is 29.6 Å². The summed E-state index contributed by atoms with van der Waals surface area (Å²) in [6.07, 6.45) is 0.465. The van der Waals surface area contributed by atoms with Gasteiger partial charge in [-0.25, -0.2) is 8.42 Å². The van der Waals surface area contributed by atoms with Crippen LogP contribution < -0.4 is 4.74 Å². The van der Waals surface area contributed by atoms with Gasteiger partial charge in [-0.05, 0) is 38.5 Å². The maximum absolute atomic E-state index is 12.5. The maximum Gasteiger partial charge on any atom is 0.252 e. The molecule has 1 saturated heterocycles. The number of ether oxygens (including phenoxy) is 1. The van der Waals surface area contributed by atoms with Crippen LogP contribution in [-0.4, -0.2) is 42.1 Å². The summed E-state index contributed by atoms with van der Waals surface area (Å²) in [7, 11) is -3.41. The Balaban J connectivity index is 1.68. The van der Waals surface area contributed by atoms with E-state index in [1.807, 2.05) is 26.0 Å². The molecule has 3 rings (SSSR count). The van der Waals surface area contributed by atoms with E-state index in [2.05, 4.69) is 10.2 Å². The van der Waals surface area contributed by atoms with E-state index in [1.165, 1.54) is 15.6 Å². The van der Waals surface area contributed by atoms with Crippen LogP contribution >= 0.6 is 11.3 Å². The minimum absolute atomic E-state index is 0.187. The SMILES string of the molecule is Cc1ccc(O[C@H]2CCN(S(=O)(=O)c3ccc(C)s3)C2)nn1. The summed E-state index contributed by atoms with van der Waals surface area (Å²) in [5.74, 6) is 0.432. The molecule has 118 valence electrons. The van der Waals surface area contributed by atoms with E-state index in [4.69, 9.17) is 4.74 Å². The summed E-state index contributed by atoms with van der Waals surface area (Å²) in [5, 5.41) is 7.89. The number of aryl methyl sites for hydroxylation is 2. The summed E-state index contributed by atoms with van der Waals surface area (Å²) >= 11 is 1.30. The third-order valence-corrected chi connectivity index (χ3v) is 6.81. The Morgan fingerprint density at radius 1 is 1.23 bits per heavy atom. The highest BCUT2D eigenvalue weighted by atomic mass is 32.2. The first-order valence-corrected chi connectivity index (χ1v) is 9.24. The summed E-state index contributed by atoms with van der Waals surface area (Å²) < 4.78 is 32.7. The second-order valence-corrected chi connectivity index (χ2v) is 8.72. The highest BCUT2D eigenvalue weighted by Crippen LogP contribution is 2.27. The van der Waals surface area contributed by atoms with Gasteiger partial charge in [0, 0.05) is 17.5 Å². The zero-order valence-electron chi connectivity index (χ0n) is 12.4. The number of hydrogen-bond donors (Lipinski definition) is 0. The number of hydrogen-bond acceptors (Lipinski definition) is 6. The van der Waals surface area contributed by atoms with Crippen LogP contribution in [0.25, 0.3) is 0 Å². The zero-order chi connectivity index (χ0) is 15.7. The summed E-state index contributed by atoms with van der Waals surface area (Å²) in [6.45, 7) is 4.55. The van der Waals surface area contributed by atoms with Crippen molar-refractivity contribution in [1.29, 1.82) is 0 Å². The maximum atomic E-state index is 12.5. The van der Waals surface area contributed by atoms with Gasteiger partial charge in [0.15, 0.2) is 0 Å². The monoisotopic (exact) mass is 339 g/mol. The lowest BCUT2D eigenvalue weighted by atomic mass is 10.3. The van der Waals surface area contributed by atoms with Crippen molar-refractivity contribution in [2.45, 2.75) is 30.6 Å². The van der Waals surface area contributed by atoms with Gasteiger partial charge in [-0.2, -0.15) is 9.40 Å². The molecule has 0 bridgehead atoms. The third-order valence-electron chi connectivity index (χ3n) is 3.48. The molecule has 22 heavy (non-hydrogen) atoms. The Bertz CT molecular complexity index is 756. The highest BCUT2D eigenvalue weighted by molar-refractivity contribution is 7.91. The third kappa shape index (κ3) is 3.13. The van der Waals surface area contributed by atoms with E-state index in [0.717, 1.165) is 10.6 Å². The van der Waals surface area contributed by atoms with Crippen LogP contribution in [0.15, 0.2) is 28.5 Å². The predicted octanol–water partition coefficient (Wildman–Crippen LogP) is 2.00. The molecule has 0 aliphatic carbocycles. The van der Waals surface area contributed by atoms with Crippen molar-refractivity contribution in [3.8, 4) is 5.88 Å². The first-order valence-electron chi connectivity index (χ1n) is 6.99. The number of nitrogens with zero attached hydrogens (tertiary/aromatic N) is 3. The van der Waals surface area contributed by atoms with E-state index in [-0.39, 0.29) is 6.10 Å². The van der Waals surface area contributed by atoms with E-state index < -0.39 is 10.0 Å². The van der Waals surface area contributed by atoms with Gasteiger partial charge in [0.2, 0.25) is 5.88 Å². The Labute approximate surface area is 133 Å². The smallest absolute Gasteiger partial charge is 0.252 e. The highest BCUT2D eigenvalue weighted by Gasteiger charge is 2.34. The van der Waals surface area contributed by atoms with Crippen LogP contribution in [0.5, 0.6) is 5.88 Å². The summed E-state index contributed by atoms with van der Waals surface area (Å²) in [6, 6.07) is 7.06. The van der Waals surface area contributed by atoms with Gasteiger partial charge in [0.25, 0.3) is 10.0 Å². The van der Waals surface area contributed by atoms with Crippen molar-refractivity contribution in [2.75, 3.05) is 13.1 Å². The predicted molar refractivity (Wildman–Crippen MR) is 83.6 cm³/mol. The Morgan fingerprint density at radius 2 is 2.05 bits per heavy atom. The minimum atomic E-state index is -3.41. The second-order valence-electron chi connectivity index (χ2n) is 5.27. The fourth-order valence-corrected chi connectivity index (χ4v) is 5.23. The van der Waals surface area contributed by atoms with Crippen molar-refractivity contribution in [3.05, 3.63) is 34.8 Å². The fraction of sp³-hybridized carbons (Fsp3) is 0.429. The number of sulfonamides is 1. The van der Waals surface area contributed by atoms with Crippen molar-refractivity contribution < 1.29 is 13.2 Å². The molecule has 8 heteroatoms. The summed E-state index contributed by atoms with van der Waals surface area (Å²) in [4.78, 5) is 0.987. The lowest BCUT2D eigenvalue weighted by Gasteiger charge is -2.15. The Kier molecular flexibility index (Phi) is 4.16. The molecule has 0 spiro atoms. The van der Waals surface area contributed by atoms with Crippen LogP contribution in [-0.2, 0) is 10.0 Å². The quantitative estimate of drug-likeness (QED) is 0.852. The molecule has 1 fully saturated rings. The average Bonchev–Trinajstić information content (AvgIpc) is 3.11. The molecule has 2 aromatic heterocycles. The van der Waals surface area contributed by atoms with Crippen LogP contribution in [0.3, 0.4) is 0 Å². The molecule has 0 unspecified atom stereocenters. The van der Waals surface area contributed by atoms with Crippen LogP contribution in [0.1, 0.15) is 17.0 Å². The average molecular weight is 339 g/mol. The van der Waals surface area contributed by atoms with E-state index in [9.17, 15) is 8.42 Å². The molecule has 6 nitrogen and oxygen atoms in total. The molecule has 0 amide bonds. The van der Waals surface area contributed by atoms with Crippen molar-refractivity contribution in [3.63, 3.8) is 0 Å². The molecule has 0 saturated carbocycles. The minimum Gasteiger partial charge on any atom is -0.472 e.